The van der Waals surface area contributed by atoms with Gasteiger partial charge in [0.25, 0.3) is 0 Å². The number of nitrogens with one attached hydrogen (secondary N) is 1. The zero-order chi connectivity index (χ0) is 13.9. The molecule has 2 aromatic rings. The lowest BCUT2D eigenvalue weighted by Crippen LogP contribution is -2.39. The Morgan fingerprint density at radius 1 is 1.32 bits per heavy atom. The second-order valence-electron chi connectivity index (χ2n) is 4.72. The van der Waals surface area contributed by atoms with Crippen molar-refractivity contribution < 1.29 is 5.11 Å². The van der Waals surface area contributed by atoms with Gasteiger partial charge in [-0.15, -0.1) is 0 Å². The maximum absolute atomic E-state index is 10.2. The molecule has 2 aromatic heterocycles. The molecule has 0 unspecified atom stereocenters. The van der Waals surface area contributed by atoms with Gasteiger partial charge in [-0.2, -0.15) is 0 Å². The van der Waals surface area contributed by atoms with Crippen molar-refractivity contribution in [2.24, 2.45) is 0 Å². The summed E-state index contributed by atoms with van der Waals surface area (Å²) in [7, 11) is 0. The van der Waals surface area contributed by atoms with Crippen LogP contribution in [0.2, 0.25) is 0 Å². The predicted molar refractivity (Wildman–Crippen MR) is 77.9 cm³/mol. The van der Waals surface area contributed by atoms with Crippen LogP contribution in [0.4, 0.5) is 0 Å². The summed E-state index contributed by atoms with van der Waals surface area (Å²) in [6.07, 6.45) is 6.94. The maximum atomic E-state index is 10.2. The summed E-state index contributed by atoms with van der Waals surface area (Å²) in [5.41, 5.74) is 1.25. The lowest BCUT2D eigenvalue weighted by molar-refractivity contribution is 0.0322. The molecule has 0 amide bonds. The van der Waals surface area contributed by atoms with Crippen LogP contribution in [-0.2, 0) is 6.54 Å². The van der Waals surface area contributed by atoms with Crippen LogP contribution in [0.3, 0.4) is 0 Å². The topological polar surface area (TPSA) is 62.5 Å². The van der Waals surface area contributed by atoms with Crippen LogP contribution in [0.1, 0.15) is 32.4 Å². The Morgan fingerprint density at radius 3 is 2.74 bits per heavy atom. The van der Waals surface area contributed by atoms with E-state index in [1.807, 2.05) is 30.6 Å². The molecule has 0 aliphatic carbocycles. The molecule has 0 aliphatic rings. The van der Waals surface area contributed by atoms with Crippen molar-refractivity contribution >= 4 is 21.6 Å². The average molecular weight is 327 g/mol. The summed E-state index contributed by atoms with van der Waals surface area (Å²) >= 11 is 3.35. The summed E-state index contributed by atoms with van der Waals surface area (Å²) in [4.78, 5) is 8.43. The van der Waals surface area contributed by atoms with E-state index in [0.29, 0.717) is 13.1 Å². The fourth-order valence-electron chi connectivity index (χ4n) is 1.97. The molecular formula is C13H19BrN4O. The second-order valence-corrected chi connectivity index (χ2v) is 5.54. The molecule has 0 saturated carbocycles. The van der Waals surface area contributed by atoms with Crippen LogP contribution < -0.4 is 5.32 Å². The normalized spacial score (nSPS) is 12.2. The molecule has 0 fully saturated rings. The number of aliphatic hydroxyl groups is 1. The van der Waals surface area contributed by atoms with Gasteiger partial charge in [-0.1, -0.05) is 13.8 Å². The van der Waals surface area contributed by atoms with Crippen molar-refractivity contribution in [3.63, 3.8) is 0 Å². The molecule has 2 rings (SSSR count). The van der Waals surface area contributed by atoms with Gasteiger partial charge in [-0.05, 0) is 28.8 Å². The molecule has 2 N–H and O–H groups in total. The highest BCUT2D eigenvalue weighted by atomic mass is 79.9. The minimum atomic E-state index is -0.622. The van der Waals surface area contributed by atoms with E-state index in [1.165, 1.54) is 0 Å². The molecule has 2 heterocycles. The van der Waals surface area contributed by atoms with E-state index in [-0.39, 0.29) is 0 Å². The number of hydrogen-bond donors (Lipinski definition) is 2. The van der Waals surface area contributed by atoms with Gasteiger partial charge in [-0.3, -0.25) is 4.40 Å². The molecule has 0 aromatic carbocycles. The van der Waals surface area contributed by atoms with E-state index in [9.17, 15) is 5.11 Å². The van der Waals surface area contributed by atoms with Crippen LogP contribution in [0.25, 0.3) is 5.65 Å². The van der Waals surface area contributed by atoms with Gasteiger partial charge in [0, 0.05) is 19.3 Å². The average Bonchev–Trinajstić information content (AvgIpc) is 2.81. The van der Waals surface area contributed by atoms with Crippen molar-refractivity contribution in [3.05, 3.63) is 28.9 Å². The van der Waals surface area contributed by atoms with E-state index >= 15 is 0 Å². The third kappa shape index (κ3) is 3.32. The van der Waals surface area contributed by atoms with Crippen molar-refractivity contribution in [2.75, 3.05) is 6.54 Å². The van der Waals surface area contributed by atoms with Gasteiger partial charge in [-0.25, -0.2) is 9.97 Å². The fraction of sp³-hybridized carbons (Fsp3) is 0.538. The third-order valence-electron chi connectivity index (χ3n) is 3.52. The standard InChI is InChI=1S/C13H19BrN4O/c1-3-13(19,4-2)9-15-5-10-6-17-12-7-16-11(14)8-18(10)12/h6-8,15,19H,3-5,9H2,1-2H3. The Bertz CT molecular complexity index is 551. The zero-order valence-corrected chi connectivity index (χ0v) is 12.8. The molecule has 0 spiro atoms. The molecule has 6 heteroatoms. The van der Waals surface area contributed by atoms with E-state index in [4.69, 9.17) is 0 Å². The van der Waals surface area contributed by atoms with Crippen molar-refractivity contribution in [3.8, 4) is 0 Å². The summed E-state index contributed by atoms with van der Waals surface area (Å²) in [6, 6.07) is 0. The number of imidazole rings is 1. The highest BCUT2D eigenvalue weighted by molar-refractivity contribution is 9.10. The number of aromatic nitrogens is 3. The van der Waals surface area contributed by atoms with Gasteiger partial charge < -0.3 is 10.4 Å². The third-order valence-corrected chi connectivity index (χ3v) is 3.93. The molecular weight excluding hydrogens is 308 g/mol. The molecule has 5 nitrogen and oxygen atoms in total. The second kappa shape index (κ2) is 5.98. The number of nitrogens with zero attached hydrogens (tertiary/aromatic N) is 3. The van der Waals surface area contributed by atoms with E-state index in [2.05, 4.69) is 31.2 Å². The van der Waals surface area contributed by atoms with E-state index < -0.39 is 5.60 Å². The van der Waals surface area contributed by atoms with Crippen molar-refractivity contribution in [1.82, 2.24) is 19.7 Å². The molecule has 104 valence electrons. The Labute approximate surface area is 121 Å². The van der Waals surface area contributed by atoms with Gasteiger partial charge in [0.1, 0.15) is 4.60 Å². The Morgan fingerprint density at radius 2 is 2.05 bits per heavy atom. The van der Waals surface area contributed by atoms with Crippen LogP contribution in [0.5, 0.6) is 0 Å². The first-order valence-corrected chi connectivity index (χ1v) is 7.28. The monoisotopic (exact) mass is 326 g/mol. The van der Waals surface area contributed by atoms with Crippen LogP contribution in [0, 0.1) is 0 Å². The molecule has 0 saturated heterocycles. The van der Waals surface area contributed by atoms with Gasteiger partial charge in [0.2, 0.25) is 0 Å². The highest BCUT2D eigenvalue weighted by Crippen LogP contribution is 2.14. The van der Waals surface area contributed by atoms with Gasteiger partial charge in [0.15, 0.2) is 5.65 Å². The summed E-state index contributed by atoms with van der Waals surface area (Å²) in [5, 5.41) is 13.5. The SMILES string of the molecule is CCC(O)(CC)CNCc1cnc2cnc(Br)cn12. The minimum Gasteiger partial charge on any atom is -0.389 e. The van der Waals surface area contributed by atoms with E-state index in [0.717, 1.165) is 28.8 Å². The largest absolute Gasteiger partial charge is 0.389 e. The predicted octanol–water partition coefficient (Wildman–Crippen LogP) is 2.13. The number of rotatable bonds is 6. The summed E-state index contributed by atoms with van der Waals surface area (Å²) in [6.45, 7) is 5.25. The smallest absolute Gasteiger partial charge is 0.155 e. The molecule has 0 bridgehead atoms. The molecule has 0 radical (unpaired) electrons. The number of halogens is 1. The quantitative estimate of drug-likeness (QED) is 0.853. The Hall–Kier alpha value is -0.980. The number of fused-ring (bicyclic) bond motifs is 1. The first-order valence-electron chi connectivity index (χ1n) is 6.48. The Balaban J connectivity index is 2.04. The molecule has 19 heavy (non-hydrogen) atoms. The minimum absolute atomic E-state index is 0.583. The lowest BCUT2D eigenvalue weighted by atomic mass is 9.98. The van der Waals surface area contributed by atoms with E-state index in [1.54, 1.807) is 6.20 Å². The molecule has 0 atom stereocenters. The summed E-state index contributed by atoms with van der Waals surface area (Å²) < 4.78 is 2.76. The Kier molecular flexibility index (Phi) is 4.54. The zero-order valence-electron chi connectivity index (χ0n) is 11.2. The molecule has 0 aliphatic heterocycles. The van der Waals surface area contributed by atoms with Crippen LogP contribution in [0.15, 0.2) is 23.2 Å². The highest BCUT2D eigenvalue weighted by Gasteiger charge is 2.21. The number of hydrogen-bond acceptors (Lipinski definition) is 4. The fourth-order valence-corrected chi connectivity index (χ4v) is 2.28. The van der Waals surface area contributed by atoms with Crippen molar-refractivity contribution in [1.29, 1.82) is 0 Å². The first kappa shape index (κ1) is 14.4. The summed E-state index contributed by atoms with van der Waals surface area (Å²) in [5.74, 6) is 0. The maximum Gasteiger partial charge on any atom is 0.155 e. The van der Waals surface area contributed by atoms with Crippen molar-refractivity contribution in [2.45, 2.75) is 38.8 Å². The van der Waals surface area contributed by atoms with Crippen LogP contribution >= 0.6 is 15.9 Å². The van der Waals surface area contributed by atoms with Crippen LogP contribution in [-0.4, -0.2) is 31.6 Å². The lowest BCUT2D eigenvalue weighted by Gasteiger charge is -2.25. The first-order chi connectivity index (χ1) is 9.08. The van der Waals surface area contributed by atoms with Gasteiger partial charge in [0.05, 0.1) is 23.7 Å². The van der Waals surface area contributed by atoms with Gasteiger partial charge >= 0.3 is 0 Å².